The van der Waals surface area contributed by atoms with Crippen LogP contribution in [0.25, 0.3) is 0 Å². The smallest absolute Gasteiger partial charge is 0.233 e. The summed E-state index contributed by atoms with van der Waals surface area (Å²) in [4.78, 5) is 14.3. The first kappa shape index (κ1) is 14.8. The quantitative estimate of drug-likeness (QED) is 0.881. The molecule has 1 saturated heterocycles. The average Bonchev–Trinajstić information content (AvgIpc) is 2.94. The molecule has 0 aromatic heterocycles. The molecule has 1 aromatic rings. The van der Waals surface area contributed by atoms with Gasteiger partial charge in [0.2, 0.25) is 5.91 Å². The zero-order valence-corrected chi connectivity index (χ0v) is 12.3. The molecule has 1 N–H and O–H groups in total. The Kier molecular flexibility index (Phi) is 4.98. The Balaban J connectivity index is 2.15. The van der Waals surface area contributed by atoms with E-state index in [1.807, 2.05) is 31.2 Å². The second kappa shape index (κ2) is 6.72. The lowest BCUT2D eigenvalue weighted by molar-refractivity contribution is -0.122. The lowest BCUT2D eigenvalue weighted by atomic mass is 10.0. The first-order valence-electron chi connectivity index (χ1n) is 6.90. The normalized spacial score (nSPS) is 21.8. The number of amides is 1. The minimum absolute atomic E-state index is 0.0537. The fraction of sp³-hybridized carbons (Fsp3) is 0.533. The minimum atomic E-state index is -0.148. The number of nitrogens with one attached hydrogen (secondary N) is 1. The van der Waals surface area contributed by atoms with Crippen LogP contribution in [-0.4, -0.2) is 45.9 Å². The molecule has 1 aliphatic heterocycles. The van der Waals surface area contributed by atoms with E-state index in [1.165, 1.54) is 0 Å². The molecule has 0 bridgehead atoms. The number of carbonyl (C=O) groups is 1. The number of ether oxygens (including phenoxy) is 2. The van der Waals surface area contributed by atoms with E-state index in [2.05, 4.69) is 5.32 Å². The van der Waals surface area contributed by atoms with Gasteiger partial charge in [0.25, 0.3) is 0 Å². The highest BCUT2D eigenvalue weighted by atomic mass is 16.5. The summed E-state index contributed by atoms with van der Waals surface area (Å²) in [5.41, 5.74) is 0.780. The molecule has 1 aliphatic rings. The van der Waals surface area contributed by atoms with Gasteiger partial charge in [-0.3, -0.25) is 4.79 Å². The maximum absolute atomic E-state index is 12.6. The first-order valence-corrected chi connectivity index (χ1v) is 6.90. The molecular formula is C15H22N2O3. The van der Waals surface area contributed by atoms with Crippen molar-refractivity contribution in [3.8, 4) is 5.75 Å². The molecule has 2 atom stereocenters. The largest absolute Gasteiger partial charge is 0.495 e. The first-order chi connectivity index (χ1) is 9.69. The van der Waals surface area contributed by atoms with Crippen molar-refractivity contribution in [3.63, 3.8) is 0 Å². The molecule has 2 unspecified atom stereocenters. The third kappa shape index (κ3) is 2.94. The maximum Gasteiger partial charge on any atom is 0.233 e. The summed E-state index contributed by atoms with van der Waals surface area (Å²) in [6, 6.07) is 7.61. The van der Waals surface area contributed by atoms with E-state index >= 15 is 0 Å². The van der Waals surface area contributed by atoms with Gasteiger partial charge in [0, 0.05) is 13.1 Å². The van der Waals surface area contributed by atoms with Crippen molar-refractivity contribution in [3.05, 3.63) is 24.3 Å². The topological polar surface area (TPSA) is 50.8 Å². The van der Waals surface area contributed by atoms with E-state index in [9.17, 15) is 4.79 Å². The zero-order valence-electron chi connectivity index (χ0n) is 12.3. The monoisotopic (exact) mass is 278 g/mol. The molecule has 1 aromatic carbocycles. The van der Waals surface area contributed by atoms with Crippen LogP contribution in [0, 0.1) is 5.92 Å². The summed E-state index contributed by atoms with van der Waals surface area (Å²) in [5, 5.41) is 3.31. The molecule has 110 valence electrons. The summed E-state index contributed by atoms with van der Waals surface area (Å²) in [6.45, 7) is 3.92. The molecule has 20 heavy (non-hydrogen) atoms. The third-order valence-electron chi connectivity index (χ3n) is 3.64. The summed E-state index contributed by atoms with van der Waals surface area (Å²) in [5.74, 6) is 0.602. The van der Waals surface area contributed by atoms with Gasteiger partial charge >= 0.3 is 0 Å². The highest BCUT2D eigenvalue weighted by Gasteiger charge is 2.35. The third-order valence-corrected chi connectivity index (χ3v) is 3.64. The number of hydrogen-bond acceptors (Lipinski definition) is 4. The fourth-order valence-corrected chi connectivity index (χ4v) is 2.54. The van der Waals surface area contributed by atoms with Gasteiger partial charge in [-0.1, -0.05) is 19.1 Å². The van der Waals surface area contributed by atoms with Crippen molar-refractivity contribution < 1.29 is 14.3 Å². The van der Waals surface area contributed by atoms with Crippen LogP contribution in [-0.2, 0) is 9.53 Å². The van der Waals surface area contributed by atoms with Crippen molar-refractivity contribution in [1.82, 2.24) is 5.32 Å². The molecule has 0 aliphatic carbocycles. The second-order valence-electron chi connectivity index (χ2n) is 4.88. The summed E-state index contributed by atoms with van der Waals surface area (Å²) in [6.07, 6.45) is 0. The van der Waals surface area contributed by atoms with Crippen molar-refractivity contribution in [2.75, 3.05) is 38.8 Å². The van der Waals surface area contributed by atoms with Gasteiger partial charge in [0.05, 0.1) is 31.9 Å². The van der Waals surface area contributed by atoms with Crippen molar-refractivity contribution >= 4 is 11.6 Å². The van der Waals surface area contributed by atoms with Crippen molar-refractivity contribution in [1.29, 1.82) is 0 Å². The van der Waals surface area contributed by atoms with Gasteiger partial charge in [-0.2, -0.15) is 0 Å². The zero-order chi connectivity index (χ0) is 14.5. The molecule has 0 spiro atoms. The highest BCUT2D eigenvalue weighted by Crippen LogP contribution is 2.29. The van der Waals surface area contributed by atoms with Gasteiger partial charge in [-0.15, -0.1) is 0 Å². The summed E-state index contributed by atoms with van der Waals surface area (Å²) < 4.78 is 10.8. The molecule has 5 nitrogen and oxygen atoms in total. The van der Waals surface area contributed by atoms with Crippen LogP contribution in [0.1, 0.15) is 6.92 Å². The Bertz CT molecular complexity index is 464. The Morgan fingerprint density at radius 1 is 1.45 bits per heavy atom. The van der Waals surface area contributed by atoms with Gasteiger partial charge in [-0.05, 0) is 18.7 Å². The average molecular weight is 278 g/mol. The fourth-order valence-electron chi connectivity index (χ4n) is 2.54. The Morgan fingerprint density at radius 3 is 2.90 bits per heavy atom. The lowest BCUT2D eigenvalue weighted by Gasteiger charge is -2.25. The molecule has 1 fully saturated rings. The van der Waals surface area contributed by atoms with Gasteiger partial charge < -0.3 is 19.7 Å². The molecule has 5 heteroatoms. The van der Waals surface area contributed by atoms with Gasteiger partial charge in [0.15, 0.2) is 0 Å². The van der Waals surface area contributed by atoms with Crippen LogP contribution < -0.4 is 15.0 Å². The van der Waals surface area contributed by atoms with Crippen LogP contribution in [0.2, 0.25) is 0 Å². The summed E-state index contributed by atoms with van der Waals surface area (Å²) >= 11 is 0. The number of nitrogens with zero attached hydrogens (tertiary/aromatic N) is 1. The van der Waals surface area contributed by atoms with Gasteiger partial charge in [-0.25, -0.2) is 0 Å². The minimum Gasteiger partial charge on any atom is -0.495 e. The van der Waals surface area contributed by atoms with Crippen molar-refractivity contribution in [2.24, 2.45) is 5.92 Å². The van der Waals surface area contributed by atoms with Gasteiger partial charge in [0.1, 0.15) is 5.75 Å². The Hall–Kier alpha value is -1.59. The number of para-hydroxylation sites is 2. The number of anilines is 1. The molecule has 2 rings (SSSR count). The van der Waals surface area contributed by atoms with Crippen molar-refractivity contribution in [2.45, 2.75) is 13.0 Å². The molecule has 1 heterocycles. The predicted octanol–water partition coefficient (Wildman–Crippen LogP) is 1.28. The standard InChI is InChI=1S/C15H22N2O3/c1-4-16-12-10-20-9-11(12)15(18)17(2)13-7-5-6-8-14(13)19-3/h5-8,11-12,16H,4,9-10H2,1-3H3. The van der Waals surface area contributed by atoms with E-state index < -0.39 is 0 Å². The van der Waals surface area contributed by atoms with E-state index in [0.717, 1.165) is 12.2 Å². The Morgan fingerprint density at radius 2 is 2.20 bits per heavy atom. The lowest BCUT2D eigenvalue weighted by Crippen LogP contribution is -2.44. The molecular weight excluding hydrogens is 256 g/mol. The van der Waals surface area contributed by atoms with Crippen LogP contribution in [0.5, 0.6) is 5.75 Å². The SMILES string of the molecule is CCNC1COCC1C(=O)N(C)c1ccccc1OC. The molecule has 0 radical (unpaired) electrons. The van der Waals surface area contributed by atoms with Crippen LogP contribution >= 0.6 is 0 Å². The number of rotatable bonds is 5. The van der Waals surface area contributed by atoms with E-state index in [0.29, 0.717) is 19.0 Å². The van der Waals surface area contributed by atoms with E-state index in [-0.39, 0.29) is 17.9 Å². The van der Waals surface area contributed by atoms with Crippen LogP contribution in [0.15, 0.2) is 24.3 Å². The predicted molar refractivity (Wildman–Crippen MR) is 78.2 cm³/mol. The van der Waals surface area contributed by atoms with Crippen LogP contribution in [0.4, 0.5) is 5.69 Å². The van der Waals surface area contributed by atoms with E-state index in [4.69, 9.17) is 9.47 Å². The molecule has 0 saturated carbocycles. The number of methoxy groups -OCH3 is 1. The highest BCUT2D eigenvalue weighted by molar-refractivity contribution is 5.96. The second-order valence-corrected chi connectivity index (χ2v) is 4.88. The van der Waals surface area contributed by atoms with Crippen LogP contribution in [0.3, 0.4) is 0 Å². The Labute approximate surface area is 119 Å². The van der Waals surface area contributed by atoms with E-state index in [1.54, 1.807) is 19.1 Å². The number of benzene rings is 1. The maximum atomic E-state index is 12.6. The molecule has 1 amide bonds. The number of hydrogen-bond donors (Lipinski definition) is 1. The number of carbonyl (C=O) groups excluding carboxylic acids is 1. The summed E-state index contributed by atoms with van der Waals surface area (Å²) in [7, 11) is 3.39. The number of likely N-dealkylation sites (N-methyl/N-ethyl adjacent to an activating group) is 1.